The highest BCUT2D eigenvalue weighted by Gasteiger charge is 2.17. The van der Waals surface area contributed by atoms with E-state index in [4.69, 9.17) is 11.6 Å². The van der Waals surface area contributed by atoms with E-state index in [2.05, 4.69) is 149 Å². The van der Waals surface area contributed by atoms with Gasteiger partial charge in [-0.15, -0.1) is 11.3 Å². The lowest BCUT2D eigenvalue weighted by Crippen LogP contribution is -1.93. The Morgan fingerprint density at radius 2 is 1.00 bits per heavy atom. The van der Waals surface area contributed by atoms with Gasteiger partial charge >= 0.3 is 0 Å². The number of thiophene rings is 1. The predicted octanol–water partition coefficient (Wildman–Crippen LogP) is 13.4. The Hall–Kier alpha value is -6.67. The van der Waals surface area contributed by atoms with Crippen LogP contribution in [0.15, 0.2) is 176 Å². The van der Waals surface area contributed by atoms with Crippen molar-refractivity contribution in [3.63, 3.8) is 0 Å². The van der Waals surface area contributed by atoms with Crippen LogP contribution in [0.3, 0.4) is 0 Å². The van der Waals surface area contributed by atoms with E-state index in [0.717, 1.165) is 55.9 Å². The maximum Gasteiger partial charge on any atom is 0.187 e. The normalized spacial score (nSPS) is 11.1. The van der Waals surface area contributed by atoms with Crippen molar-refractivity contribution in [1.29, 1.82) is 0 Å². The largest absolute Gasteiger partial charge is 0.264 e. The maximum atomic E-state index is 7.39. The summed E-state index contributed by atoms with van der Waals surface area (Å²) in [6, 6.07) is 57.3. The van der Waals surface area contributed by atoms with Crippen LogP contribution < -0.4 is 0 Å². The number of hydrogen-bond donors (Lipinski definition) is 0. The molecule has 0 aliphatic carbocycles. The SMILES string of the molecule is [C-]#[N+]c1ccc(-c2cccc3c2sc2c(-c4cc(-c5cccnc5)cc(-c5cc(-c6ccccc6)cc(-c6ccccc6)n5)c4)cccc23)cc1. The molecule has 0 spiro atoms. The summed E-state index contributed by atoms with van der Waals surface area (Å²) in [6.07, 6.45) is 3.74. The van der Waals surface area contributed by atoms with Crippen LogP contribution in [-0.2, 0) is 0 Å². The summed E-state index contributed by atoms with van der Waals surface area (Å²) >= 11 is 1.83. The molecule has 51 heavy (non-hydrogen) atoms. The third-order valence-corrected chi connectivity index (χ3v) is 10.7. The lowest BCUT2D eigenvalue weighted by molar-refractivity contribution is 1.32. The smallest absolute Gasteiger partial charge is 0.187 e. The molecule has 0 saturated heterocycles. The first-order valence-corrected chi connectivity index (χ1v) is 17.6. The van der Waals surface area contributed by atoms with Crippen LogP contribution in [-0.4, -0.2) is 9.97 Å². The third-order valence-electron chi connectivity index (χ3n) is 9.37. The van der Waals surface area contributed by atoms with Gasteiger partial charge in [0, 0.05) is 49.3 Å². The first-order valence-electron chi connectivity index (χ1n) is 16.8. The topological polar surface area (TPSA) is 30.1 Å². The molecule has 0 fully saturated rings. The lowest BCUT2D eigenvalue weighted by Gasteiger charge is -2.14. The highest BCUT2D eigenvalue weighted by atomic mass is 32.1. The Kier molecular flexibility index (Phi) is 7.74. The van der Waals surface area contributed by atoms with E-state index < -0.39 is 0 Å². The molecule has 9 rings (SSSR count). The molecule has 3 heterocycles. The molecular formula is C47H29N3S. The van der Waals surface area contributed by atoms with Gasteiger partial charge in [0.2, 0.25) is 0 Å². The van der Waals surface area contributed by atoms with Gasteiger partial charge in [-0.1, -0.05) is 127 Å². The van der Waals surface area contributed by atoms with Crippen molar-refractivity contribution in [2.75, 3.05) is 0 Å². The summed E-state index contributed by atoms with van der Waals surface area (Å²) < 4.78 is 2.48. The molecule has 0 atom stereocenters. The Bertz CT molecular complexity index is 2670. The zero-order chi connectivity index (χ0) is 34.1. The van der Waals surface area contributed by atoms with Gasteiger partial charge in [-0.3, -0.25) is 4.98 Å². The highest BCUT2D eigenvalue weighted by molar-refractivity contribution is 7.26. The number of pyridine rings is 2. The second-order valence-electron chi connectivity index (χ2n) is 12.5. The van der Waals surface area contributed by atoms with Crippen molar-refractivity contribution in [3.05, 3.63) is 188 Å². The van der Waals surface area contributed by atoms with E-state index in [0.29, 0.717) is 5.69 Å². The average molecular weight is 668 g/mol. The monoisotopic (exact) mass is 667 g/mol. The van der Waals surface area contributed by atoms with Crippen molar-refractivity contribution >= 4 is 37.2 Å². The second kappa shape index (κ2) is 13.0. The van der Waals surface area contributed by atoms with Gasteiger partial charge in [-0.25, -0.2) is 9.83 Å². The first kappa shape index (κ1) is 30.4. The van der Waals surface area contributed by atoms with Gasteiger partial charge in [0.1, 0.15) is 0 Å². The van der Waals surface area contributed by atoms with E-state index in [1.54, 1.807) is 0 Å². The Labute approximate surface area is 300 Å². The second-order valence-corrected chi connectivity index (χ2v) is 13.5. The van der Waals surface area contributed by atoms with Crippen molar-refractivity contribution in [1.82, 2.24) is 9.97 Å². The molecule has 0 aliphatic rings. The van der Waals surface area contributed by atoms with E-state index in [9.17, 15) is 0 Å². The third kappa shape index (κ3) is 5.76. The molecule has 6 aromatic carbocycles. The van der Waals surface area contributed by atoms with Crippen LogP contribution in [0.4, 0.5) is 5.69 Å². The minimum absolute atomic E-state index is 0.647. The molecule has 0 N–H and O–H groups in total. The molecule has 238 valence electrons. The zero-order valence-electron chi connectivity index (χ0n) is 27.5. The zero-order valence-corrected chi connectivity index (χ0v) is 28.3. The number of benzene rings is 6. The first-order chi connectivity index (χ1) is 25.2. The van der Waals surface area contributed by atoms with Crippen LogP contribution >= 0.6 is 11.3 Å². The van der Waals surface area contributed by atoms with Crippen LogP contribution in [0.1, 0.15) is 0 Å². The molecule has 0 bridgehead atoms. The van der Waals surface area contributed by atoms with Gasteiger partial charge in [0.25, 0.3) is 0 Å². The number of hydrogen-bond acceptors (Lipinski definition) is 3. The van der Waals surface area contributed by atoms with Crippen molar-refractivity contribution in [2.24, 2.45) is 0 Å². The van der Waals surface area contributed by atoms with E-state index >= 15 is 0 Å². The van der Waals surface area contributed by atoms with Crippen LogP contribution in [0.2, 0.25) is 0 Å². The molecule has 3 nitrogen and oxygen atoms in total. The fourth-order valence-electron chi connectivity index (χ4n) is 6.85. The summed E-state index contributed by atoms with van der Waals surface area (Å²) in [5.74, 6) is 0. The van der Waals surface area contributed by atoms with Crippen molar-refractivity contribution < 1.29 is 0 Å². The van der Waals surface area contributed by atoms with Gasteiger partial charge in [0.05, 0.1) is 18.0 Å². The fraction of sp³-hybridized carbons (Fsp3) is 0. The summed E-state index contributed by atoms with van der Waals surface area (Å²) in [4.78, 5) is 13.4. The molecule has 0 saturated carbocycles. The minimum atomic E-state index is 0.647. The van der Waals surface area contributed by atoms with Crippen molar-refractivity contribution in [2.45, 2.75) is 0 Å². The van der Waals surface area contributed by atoms with Gasteiger partial charge in [-0.05, 0) is 75.3 Å². The molecule has 0 radical (unpaired) electrons. The molecule has 9 aromatic rings. The molecule has 0 amide bonds. The fourth-order valence-corrected chi connectivity index (χ4v) is 8.23. The van der Waals surface area contributed by atoms with Gasteiger partial charge in [0.15, 0.2) is 5.69 Å². The predicted molar refractivity (Wildman–Crippen MR) is 214 cm³/mol. The van der Waals surface area contributed by atoms with Gasteiger partial charge < -0.3 is 0 Å². The van der Waals surface area contributed by atoms with E-state index in [-0.39, 0.29) is 0 Å². The average Bonchev–Trinajstić information content (AvgIpc) is 3.61. The number of nitrogens with zero attached hydrogens (tertiary/aromatic N) is 3. The Balaban J connectivity index is 1.27. The van der Waals surface area contributed by atoms with Crippen LogP contribution in [0, 0.1) is 6.57 Å². The standard InChI is InChI=1S/C47H29N3S/c1-48-39-22-20-32(21-23-39)40-16-8-18-42-43-19-9-17-41(47(43)51-46(40)42)37-25-35(34-15-10-24-49-30-34)26-38(27-37)45-29-36(31-11-4-2-5-12-31)28-44(50-45)33-13-6-3-7-14-33/h2-30H. The minimum Gasteiger partial charge on any atom is -0.264 e. The number of fused-ring (bicyclic) bond motifs is 3. The molecular weight excluding hydrogens is 639 g/mol. The lowest BCUT2D eigenvalue weighted by atomic mass is 9.93. The molecule has 3 aromatic heterocycles. The van der Waals surface area contributed by atoms with Crippen LogP contribution in [0.25, 0.3) is 92.0 Å². The highest BCUT2D eigenvalue weighted by Crippen LogP contribution is 2.45. The van der Waals surface area contributed by atoms with Crippen LogP contribution in [0.5, 0.6) is 0 Å². The maximum absolute atomic E-state index is 7.39. The molecule has 4 heteroatoms. The Morgan fingerprint density at radius 3 is 1.65 bits per heavy atom. The Morgan fingerprint density at radius 1 is 0.431 bits per heavy atom. The quantitative estimate of drug-likeness (QED) is 0.165. The summed E-state index contributed by atoms with van der Waals surface area (Å²) in [5.41, 5.74) is 13.6. The summed E-state index contributed by atoms with van der Waals surface area (Å²) in [6.45, 7) is 7.39. The van der Waals surface area contributed by atoms with E-state index in [1.807, 2.05) is 48.0 Å². The van der Waals surface area contributed by atoms with E-state index in [1.165, 1.54) is 31.3 Å². The van der Waals surface area contributed by atoms with Crippen molar-refractivity contribution in [3.8, 4) is 67.0 Å². The number of aromatic nitrogens is 2. The summed E-state index contributed by atoms with van der Waals surface area (Å²) in [7, 11) is 0. The molecule has 0 unspecified atom stereocenters. The molecule has 0 aliphatic heterocycles. The van der Waals surface area contributed by atoms with Gasteiger partial charge in [-0.2, -0.15) is 0 Å². The number of rotatable bonds is 6. The summed E-state index contributed by atoms with van der Waals surface area (Å²) in [5, 5.41) is 2.47.